The van der Waals surface area contributed by atoms with E-state index in [-0.39, 0.29) is 5.82 Å². The van der Waals surface area contributed by atoms with Gasteiger partial charge in [0.15, 0.2) is 0 Å². The zero-order chi connectivity index (χ0) is 14.1. The maximum Gasteiger partial charge on any atom is 0.125 e. The smallest absolute Gasteiger partial charge is 0.125 e. The Kier molecular flexibility index (Phi) is 3.79. The lowest BCUT2D eigenvalue weighted by molar-refractivity contribution is 0.374. The monoisotopic (exact) mass is 333 g/mol. The van der Waals surface area contributed by atoms with Gasteiger partial charge in [-0.2, -0.15) is 0 Å². The zero-order valence-electron chi connectivity index (χ0n) is 11.4. The molecule has 0 saturated heterocycles. The molecule has 1 aliphatic carbocycles. The van der Waals surface area contributed by atoms with Crippen LogP contribution in [0.2, 0.25) is 0 Å². The predicted octanol–water partition coefficient (Wildman–Crippen LogP) is 5.25. The number of aryl methyl sites for hydroxylation is 1. The lowest BCUT2D eigenvalue weighted by Crippen LogP contribution is -2.34. The number of nitrogens with one attached hydrogen (secondary N) is 1. The Hall–Kier alpha value is -1.35. The summed E-state index contributed by atoms with van der Waals surface area (Å²) in [6.07, 6.45) is 2.22. The molecule has 1 aliphatic rings. The molecule has 0 heterocycles. The Morgan fingerprint density at radius 1 is 1.10 bits per heavy atom. The van der Waals surface area contributed by atoms with Gasteiger partial charge in [0.1, 0.15) is 5.82 Å². The van der Waals surface area contributed by atoms with Gasteiger partial charge in [-0.1, -0.05) is 28.1 Å². The third-order valence-electron chi connectivity index (χ3n) is 3.89. The van der Waals surface area contributed by atoms with Crippen LogP contribution in [0, 0.1) is 12.7 Å². The van der Waals surface area contributed by atoms with Crippen LogP contribution in [-0.4, -0.2) is 6.04 Å². The van der Waals surface area contributed by atoms with Crippen molar-refractivity contribution in [1.29, 1.82) is 0 Å². The van der Waals surface area contributed by atoms with Crippen LogP contribution in [0.3, 0.4) is 0 Å². The van der Waals surface area contributed by atoms with E-state index < -0.39 is 0 Å². The van der Waals surface area contributed by atoms with Gasteiger partial charge in [0.2, 0.25) is 0 Å². The second-order valence-corrected chi connectivity index (χ2v) is 6.49. The first-order chi connectivity index (χ1) is 9.60. The van der Waals surface area contributed by atoms with Crippen LogP contribution >= 0.6 is 15.9 Å². The summed E-state index contributed by atoms with van der Waals surface area (Å²) in [7, 11) is 0. The van der Waals surface area contributed by atoms with Gasteiger partial charge < -0.3 is 5.32 Å². The van der Waals surface area contributed by atoms with Crippen LogP contribution in [0.15, 0.2) is 46.9 Å². The molecule has 1 N–H and O–H groups in total. The van der Waals surface area contributed by atoms with Gasteiger partial charge in [0.05, 0.1) is 0 Å². The van der Waals surface area contributed by atoms with E-state index in [9.17, 15) is 4.39 Å². The van der Waals surface area contributed by atoms with E-state index in [1.165, 1.54) is 5.56 Å². The van der Waals surface area contributed by atoms with Gasteiger partial charge in [0.25, 0.3) is 0 Å². The van der Waals surface area contributed by atoms with Gasteiger partial charge in [-0.05, 0) is 67.1 Å². The fourth-order valence-electron chi connectivity index (χ4n) is 2.80. The fourth-order valence-corrected chi connectivity index (χ4v) is 3.06. The van der Waals surface area contributed by atoms with Crippen molar-refractivity contribution in [2.24, 2.45) is 0 Å². The SMILES string of the molecule is Cc1cc(F)cc(NC2CC(c3ccc(Br)cc3)C2)c1. The van der Waals surface area contributed by atoms with Crippen molar-refractivity contribution >= 4 is 21.6 Å². The molecule has 0 bridgehead atoms. The number of rotatable bonds is 3. The van der Waals surface area contributed by atoms with Crippen molar-refractivity contribution in [2.45, 2.75) is 31.7 Å². The number of hydrogen-bond donors (Lipinski definition) is 1. The maximum absolute atomic E-state index is 13.3. The summed E-state index contributed by atoms with van der Waals surface area (Å²) in [5.74, 6) is 0.450. The molecule has 1 nitrogen and oxygen atoms in total. The van der Waals surface area contributed by atoms with Crippen molar-refractivity contribution in [1.82, 2.24) is 0 Å². The Bertz CT molecular complexity index is 583. The lowest BCUT2D eigenvalue weighted by atomic mass is 9.76. The molecule has 0 unspecified atom stereocenters. The number of hydrogen-bond acceptors (Lipinski definition) is 1. The molecule has 0 aromatic heterocycles. The zero-order valence-corrected chi connectivity index (χ0v) is 13.0. The molecule has 0 atom stereocenters. The molecule has 2 aromatic rings. The molecule has 3 heteroatoms. The molecule has 104 valence electrons. The summed E-state index contributed by atoms with van der Waals surface area (Å²) in [4.78, 5) is 0. The van der Waals surface area contributed by atoms with E-state index in [1.807, 2.05) is 13.0 Å². The summed E-state index contributed by atoms with van der Waals surface area (Å²) in [6.45, 7) is 1.92. The van der Waals surface area contributed by atoms with Crippen molar-refractivity contribution < 1.29 is 4.39 Å². The third-order valence-corrected chi connectivity index (χ3v) is 4.42. The van der Waals surface area contributed by atoms with Crippen molar-refractivity contribution in [2.75, 3.05) is 5.32 Å². The Morgan fingerprint density at radius 3 is 2.45 bits per heavy atom. The standard InChI is InChI=1S/C17H17BrFN/c1-11-6-15(19)10-16(7-11)20-17-8-13(9-17)12-2-4-14(18)5-3-12/h2-7,10,13,17,20H,8-9H2,1H3. The minimum atomic E-state index is -0.170. The summed E-state index contributed by atoms with van der Waals surface area (Å²) >= 11 is 3.46. The van der Waals surface area contributed by atoms with Crippen LogP contribution < -0.4 is 5.32 Å². The lowest BCUT2D eigenvalue weighted by Gasteiger charge is -2.37. The van der Waals surface area contributed by atoms with Crippen molar-refractivity contribution in [3.63, 3.8) is 0 Å². The fraction of sp³-hybridized carbons (Fsp3) is 0.294. The summed E-state index contributed by atoms with van der Waals surface area (Å²) in [5, 5.41) is 3.42. The van der Waals surface area contributed by atoms with E-state index in [0.29, 0.717) is 12.0 Å². The van der Waals surface area contributed by atoms with Crippen LogP contribution in [0.4, 0.5) is 10.1 Å². The summed E-state index contributed by atoms with van der Waals surface area (Å²) in [6, 6.07) is 14.1. The van der Waals surface area contributed by atoms with Gasteiger partial charge >= 0.3 is 0 Å². The van der Waals surface area contributed by atoms with Crippen LogP contribution in [-0.2, 0) is 0 Å². The Balaban J connectivity index is 1.59. The maximum atomic E-state index is 13.3. The highest BCUT2D eigenvalue weighted by molar-refractivity contribution is 9.10. The molecule has 0 amide bonds. The van der Waals surface area contributed by atoms with Crippen molar-refractivity contribution in [3.05, 3.63) is 63.9 Å². The molecule has 0 aliphatic heterocycles. The molecule has 3 rings (SSSR count). The highest BCUT2D eigenvalue weighted by atomic mass is 79.9. The third kappa shape index (κ3) is 3.04. The van der Waals surface area contributed by atoms with E-state index in [1.54, 1.807) is 12.1 Å². The summed E-state index contributed by atoms with van der Waals surface area (Å²) in [5.41, 5.74) is 3.24. The molecule has 2 aromatic carbocycles. The quantitative estimate of drug-likeness (QED) is 0.808. The van der Waals surface area contributed by atoms with E-state index in [2.05, 4.69) is 45.5 Å². The Morgan fingerprint density at radius 2 is 1.80 bits per heavy atom. The van der Waals surface area contributed by atoms with Gasteiger partial charge in [-0.15, -0.1) is 0 Å². The Labute approximate surface area is 127 Å². The highest BCUT2D eigenvalue weighted by Gasteiger charge is 2.30. The number of anilines is 1. The van der Waals surface area contributed by atoms with Gasteiger partial charge in [0, 0.05) is 16.2 Å². The highest BCUT2D eigenvalue weighted by Crippen LogP contribution is 2.38. The minimum absolute atomic E-state index is 0.170. The number of halogens is 2. The van der Waals surface area contributed by atoms with Crippen LogP contribution in [0.5, 0.6) is 0 Å². The van der Waals surface area contributed by atoms with Gasteiger partial charge in [-0.25, -0.2) is 4.39 Å². The molecule has 1 fully saturated rings. The molecular formula is C17H17BrFN. The predicted molar refractivity (Wildman–Crippen MR) is 84.7 cm³/mol. The number of benzene rings is 2. The topological polar surface area (TPSA) is 12.0 Å². The second-order valence-electron chi connectivity index (χ2n) is 5.58. The average molecular weight is 334 g/mol. The van der Waals surface area contributed by atoms with E-state index in [0.717, 1.165) is 28.6 Å². The van der Waals surface area contributed by atoms with E-state index >= 15 is 0 Å². The largest absolute Gasteiger partial charge is 0.382 e. The summed E-state index contributed by atoms with van der Waals surface area (Å²) < 4.78 is 14.5. The van der Waals surface area contributed by atoms with Crippen LogP contribution in [0.1, 0.15) is 29.9 Å². The minimum Gasteiger partial charge on any atom is -0.382 e. The van der Waals surface area contributed by atoms with Crippen LogP contribution in [0.25, 0.3) is 0 Å². The van der Waals surface area contributed by atoms with Gasteiger partial charge in [-0.3, -0.25) is 0 Å². The molecular weight excluding hydrogens is 317 g/mol. The average Bonchev–Trinajstić information content (AvgIpc) is 2.33. The molecule has 1 saturated carbocycles. The van der Waals surface area contributed by atoms with Crippen molar-refractivity contribution in [3.8, 4) is 0 Å². The molecule has 0 spiro atoms. The molecule has 0 radical (unpaired) electrons. The van der Waals surface area contributed by atoms with E-state index in [4.69, 9.17) is 0 Å². The normalized spacial score (nSPS) is 21.4. The first-order valence-corrected chi connectivity index (χ1v) is 7.68. The molecule has 20 heavy (non-hydrogen) atoms. The second kappa shape index (κ2) is 5.57. The first-order valence-electron chi connectivity index (χ1n) is 6.89. The first kappa shape index (κ1) is 13.6.